The topological polar surface area (TPSA) is 59.4 Å². The number of carbonyl (C=O) groups is 1. The van der Waals surface area contributed by atoms with Crippen LogP contribution < -0.4 is 5.32 Å². The first-order chi connectivity index (χ1) is 11.3. The van der Waals surface area contributed by atoms with Crippen LogP contribution in [-0.4, -0.2) is 20.9 Å². The Morgan fingerprint density at radius 1 is 1.39 bits per heavy atom. The second-order valence-electron chi connectivity index (χ2n) is 5.74. The van der Waals surface area contributed by atoms with E-state index in [0.717, 1.165) is 28.9 Å². The van der Waals surface area contributed by atoms with Crippen molar-refractivity contribution in [1.82, 2.24) is 20.2 Å². The summed E-state index contributed by atoms with van der Waals surface area (Å²) in [5.74, 6) is 0. The van der Waals surface area contributed by atoms with Crippen LogP contribution in [-0.2, 0) is 31.0 Å². The van der Waals surface area contributed by atoms with Crippen molar-refractivity contribution in [3.8, 4) is 0 Å². The van der Waals surface area contributed by atoms with Gasteiger partial charge in [-0.1, -0.05) is 36.4 Å². The maximum Gasteiger partial charge on any atom is 0.342 e. The fourth-order valence-corrected chi connectivity index (χ4v) is 3.16. The number of amides is 2. The minimum atomic E-state index is -0.196. The number of benzene rings is 1. The van der Waals surface area contributed by atoms with Crippen LogP contribution in [0.25, 0.3) is 0 Å². The SMILES string of the molecule is C=CCn1nc2c3c1CNC(=O)N(OCc1ccccc1)C3C2. The summed E-state index contributed by atoms with van der Waals surface area (Å²) in [4.78, 5) is 18.2. The van der Waals surface area contributed by atoms with Crippen LogP contribution in [0, 0.1) is 0 Å². The quantitative estimate of drug-likeness (QED) is 0.862. The van der Waals surface area contributed by atoms with E-state index in [9.17, 15) is 4.79 Å². The summed E-state index contributed by atoms with van der Waals surface area (Å²) in [5, 5.41) is 8.95. The molecule has 0 bridgehead atoms. The van der Waals surface area contributed by atoms with Crippen molar-refractivity contribution in [3.05, 3.63) is 65.5 Å². The van der Waals surface area contributed by atoms with Gasteiger partial charge in [0.15, 0.2) is 0 Å². The number of urea groups is 1. The zero-order valence-corrected chi connectivity index (χ0v) is 12.7. The van der Waals surface area contributed by atoms with Gasteiger partial charge in [-0.3, -0.25) is 9.52 Å². The molecular weight excluding hydrogens is 292 g/mol. The van der Waals surface area contributed by atoms with E-state index in [2.05, 4.69) is 17.0 Å². The van der Waals surface area contributed by atoms with Gasteiger partial charge < -0.3 is 5.32 Å². The van der Waals surface area contributed by atoms with Crippen LogP contribution in [0.5, 0.6) is 0 Å². The highest BCUT2D eigenvalue weighted by Crippen LogP contribution is 2.41. The van der Waals surface area contributed by atoms with Gasteiger partial charge in [0.1, 0.15) is 6.61 Å². The van der Waals surface area contributed by atoms with Crippen molar-refractivity contribution in [2.75, 3.05) is 0 Å². The molecule has 0 fully saturated rings. The zero-order chi connectivity index (χ0) is 15.8. The number of aromatic nitrogens is 2. The zero-order valence-electron chi connectivity index (χ0n) is 12.7. The molecule has 6 nitrogen and oxygen atoms in total. The minimum absolute atomic E-state index is 0.0511. The number of hydroxylamine groups is 2. The van der Waals surface area contributed by atoms with Gasteiger partial charge in [0.25, 0.3) is 0 Å². The summed E-state index contributed by atoms with van der Waals surface area (Å²) in [5.41, 5.74) is 4.26. The second kappa shape index (κ2) is 5.55. The van der Waals surface area contributed by atoms with E-state index in [-0.39, 0.29) is 12.1 Å². The maximum absolute atomic E-state index is 12.4. The van der Waals surface area contributed by atoms with Gasteiger partial charge in [-0.15, -0.1) is 6.58 Å². The van der Waals surface area contributed by atoms with Crippen molar-refractivity contribution < 1.29 is 9.63 Å². The Balaban J connectivity index is 1.56. The summed E-state index contributed by atoms with van der Waals surface area (Å²) < 4.78 is 1.92. The Hall–Kier alpha value is -2.60. The molecule has 1 atom stereocenters. The lowest BCUT2D eigenvalue weighted by Crippen LogP contribution is -2.43. The highest BCUT2D eigenvalue weighted by molar-refractivity contribution is 5.75. The lowest BCUT2D eigenvalue weighted by atomic mass is 9.87. The molecule has 2 aromatic rings. The number of hydrogen-bond acceptors (Lipinski definition) is 3. The summed E-state index contributed by atoms with van der Waals surface area (Å²) >= 11 is 0. The molecule has 1 unspecified atom stereocenters. The van der Waals surface area contributed by atoms with Crippen LogP contribution >= 0.6 is 0 Å². The van der Waals surface area contributed by atoms with Gasteiger partial charge in [0.2, 0.25) is 0 Å². The van der Waals surface area contributed by atoms with Crippen LogP contribution in [0.2, 0.25) is 0 Å². The van der Waals surface area contributed by atoms with Crippen LogP contribution in [0.3, 0.4) is 0 Å². The van der Waals surface area contributed by atoms with Gasteiger partial charge in [0.05, 0.1) is 30.5 Å². The molecule has 2 amide bonds. The molecule has 0 spiro atoms. The summed E-state index contributed by atoms with van der Waals surface area (Å²) in [6.07, 6.45) is 2.54. The van der Waals surface area contributed by atoms with Crippen molar-refractivity contribution in [2.24, 2.45) is 0 Å². The van der Waals surface area contributed by atoms with Gasteiger partial charge in [-0.25, -0.2) is 4.79 Å². The smallest absolute Gasteiger partial charge is 0.331 e. The first-order valence-corrected chi connectivity index (χ1v) is 7.71. The third-order valence-electron chi connectivity index (χ3n) is 4.30. The Morgan fingerprint density at radius 3 is 3.00 bits per heavy atom. The third kappa shape index (κ3) is 2.31. The first-order valence-electron chi connectivity index (χ1n) is 7.71. The van der Waals surface area contributed by atoms with Crippen LogP contribution in [0.4, 0.5) is 4.79 Å². The Kier molecular flexibility index (Phi) is 3.38. The van der Waals surface area contributed by atoms with Crippen molar-refractivity contribution in [1.29, 1.82) is 0 Å². The average molecular weight is 310 g/mol. The Bertz CT molecular complexity index is 753. The van der Waals surface area contributed by atoms with E-state index < -0.39 is 0 Å². The number of carbonyl (C=O) groups excluding carboxylic acids is 1. The van der Waals surface area contributed by atoms with E-state index in [1.54, 1.807) is 0 Å². The molecule has 0 saturated heterocycles. The third-order valence-corrected chi connectivity index (χ3v) is 4.30. The number of allylic oxidation sites excluding steroid dienone is 1. The molecule has 1 aliphatic heterocycles. The normalized spacial score (nSPS) is 18.7. The fraction of sp³-hybridized carbons (Fsp3) is 0.294. The van der Waals surface area contributed by atoms with E-state index in [0.29, 0.717) is 19.7 Å². The Labute approximate surface area is 134 Å². The van der Waals surface area contributed by atoms with E-state index in [1.807, 2.05) is 41.1 Å². The van der Waals surface area contributed by atoms with E-state index in [4.69, 9.17) is 4.84 Å². The molecule has 23 heavy (non-hydrogen) atoms. The molecule has 0 radical (unpaired) electrons. The van der Waals surface area contributed by atoms with E-state index >= 15 is 0 Å². The van der Waals surface area contributed by atoms with Crippen LogP contribution in [0.1, 0.15) is 28.6 Å². The molecule has 1 aliphatic carbocycles. The molecule has 4 rings (SSSR count). The molecule has 6 heteroatoms. The number of rotatable bonds is 5. The molecular formula is C17H18N4O2. The fourth-order valence-electron chi connectivity index (χ4n) is 3.16. The number of hydrogen-bond donors (Lipinski definition) is 1. The van der Waals surface area contributed by atoms with Gasteiger partial charge in [-0.05, 0) is 5.56 Å². The standard InChI is InChI=1S/C17H18N4O2/c1-2-8-20-15-10-18-17(22)21(14-9-13(19-20)16(14)15)23-11-12-6-4-3-5-7-12/h2-7,14H,1,8-11H2,(H,18,22). The molecule has 118 valence electrons. The predicted molar refractivity (Wildman–Crippen MR) is 84.2 cm³/mol. The largest absolute Gasteiger partial charge is 0.342 e. The molecule has 1 aromatic carbocycles. The maximum atomic E-state index is 12.4. The summed E-state index contributed by atoms with van der Waals surface area (Å²) in [7, 11) is 0. The average Bonchev–Trinajstić information content (AvgIpc) is 2.76. The number of nitrogens with one attached hydrogen (secondary N) is 1. The highest BCUT2D eigenvalue weighted by atomic mass is 16.7. The summed E-state index contributed by atoms with van der Waals surface area (Å²) in [6, 6.07) is 9.59. The molecule has 0 saturated carbocycles. The molecule has 2 aliphatic rings. The first kappa shape index (κ1) is 14.0. The summed E-state index contributed by atoms with van der Waals surface area (Å²) in [6.45, 7) is 5.25. The van der Waals surface area contributed by atoms with Crippen molar-refractivity contribution >= 4 is 6.03 Å². The van der Waals surface area contributed by atoms with Crippen molar-refractivity contribution in [3.63, 3.8) is 0 Å². The predicted octanol–water partition coefficient (Wildman–Crippen LogP) is 2.32. The second-order valence-corrected chi connectivity index (χ2v) is 5.74. The Morgan fingerprint density at radius 2 is 2.22 bits per heavy atom. The monoisotopic (exact) mass is 310 g/mol. The van der Waals surface area contributed by atoms with Gasteiger partial charge in [0, 0.05) is 12.0 Å². The van der Waals surface area contributed by atoms with Gasteiger partial charge >= 0.3 is 6.03 Å². The minimum Gasteiger partial charge on any atom is -0.331 e. The molecule has 2 heterocycles. The van der Waals surface area contributed by atoms with Crippen molar-refractivity contribution in [2.45, 2.75) is 32.2 Å². The van der Waals surface area contributed by atoms with Gasteiger partial charge in [-0.2, -0.15) is 10.2 Å². The highest BCUT2D eigenvalue weighted by Gasteiger charge is 2.43. The van der Waals surface area contributed by atoms with E-state index in [1.165, 1.54) is 5.06 Å². The lowest BCUT2D eigenvalue weighted by molar-refractivity contribution is -0.160. The molecule has 1 N–H and O–H groups in total. The lowest BCUT2D eigenvalue weighted by Gasteiger charge is -2.33. The number of nitrogens with zero attached hydrogens (tertiary/aromatic N) is 3. The molecule has 1 aromatic heterocycles. The van der Waals surface area contributed by atoms with Crippen LogP contribution in [0.15, 0.2) is 43.0 Å².